The lowest BCUT2D eigenvalue weighted by atomic mass is 10.1. The zero-order valence-corrected chi connectivity index (χ0v) is 20.0. The molecule has 2 aromatic heterocycles. The molecular weight excluding hydrogens is 451 g/mol. The Hall–Kier alpha value is -3.88. The summed E-state index contributed by atoms with van der Waals surface area (Å²) in [7, 11) is 3.10. The lowest BCUT2D eigenvalue weighted by Gasteiger charge is -2.29. The van der Waals surface area contributed by atoms with Crippen LogP contribution in [0.1, 0.15) is 26.2 Å². The summed E-state index contributed by atoms with van der Waals surface area (Å²) < 4.78 is 33.2. The molecule has 0 spiro atoms. The summed E-state index contributed by atoms with van der Waals surface area (Å²) in [5.41, 5.74) is 1.74. The molecule has 0 amide bonds. The molecule has 1 aliphatic rings. The van der Waals surface area contributed by atoms with E-state index in [1.165, 1.54) is 6.07 Å². The Balaban J connectivity index is 1.58. The van der Waals surface area contributed by atoms with Crippen molar-refractivity contribution in [1.29, 1.82) is 0 Å². The second-order valence-electron chi connectivity index (χ2n) is 8.52. The number of hydrogen-bond acceptors (Lipinski definition) is 7. The number of fused-ring (bicyclic) bond motifs is 1. The predicted molar refractivity (Wildman–Crippen MR) is 132 cm³/mol. The fourth-order valence-electron chi connectivity index (χ4n) is 4.62. The summed E-state index contributed by atoms with van der Waals surface area (Å²) in [5, 5.41) is 4.34. The number of rotatable bonds is 6. The maximum Gasteiger partial charge on any atom is 0.263 e. The van der Waals surface area contributed by atoms with Gasteiger partial charge in [0.15, 0.2) is 11.5 Å². The molecule has 0 saturated carbocycles. The van der Waals surface area contributed by atoms with Gasteiger partial charge in [-0.15, -0.1) is 0 Å². The first kappa shape index (κ1) is 22.9. The molecule has 5 rings (SSSR count). The number of piperidine rings is 1. The molecule has 4 aromatic rings. The van der Waals surface area contributed by atoms with Crippen LogP contribution in [-0.4, -0.2) is 42.0 Å². The molecule has 0 bridgehead atoms. The molecule has 0 radical (unpaired) electrons. The highest BCUT2D eigenvalue weighted by Gasteiger charge is 2.21. The fourth-order valence-corrected chi connectivity index (χ4v) is 4.62. The van der Waals surface area contributed by atoms with E-state index in [2.05, 4.69) is 15.0 Å². The van der Waals surface area contributed by atoms with Crippen LogP contribution in [0, 0.1) is 5.82 Å². The van der Waals surface area contributed by atoms with Crippen molar-refractivity contribution in [2.24, 2.45) is 0 Å². The summed E-state index contributed by atoms with van der Waals surface area (Å²) in [6, 6.07) is 8.37. The summed E-state index contributed by atoms with van der Waals surface area (Å²) in [6.45, 7) is 4.20. The lowest BCUT2D eigenvalue weighted by molar-refractivity contribution is 0.355. The van der Waals surface area contributed by atoms with E-state index in [0.29, 0.717) is 40.6 Å². The molecule has 0 unspecified atom stereocenters. The van der Waals surface area contributed by atoms with Crippen LogP contribution in [0.2, 0.25) is 0 Å². The number of methoxy groups -OCH3 is 2. The molecule has 35 heavy (non-hydrogen) atoms. The Morgan fingerprint density at radius 2 is 1.83 bits per heavy atom. The lowest BCUT2D eigenvalue weighted by Crippen LogP contribution is -2.30. The summed E-state index contributed by atoms with van der Waals surface area (Å²) in [4.78, 5) is 19.9. The molecular formula is C26H27FN4O4. The molecule has 1 fully saturated rings. The fraction of sp³-hybridized carbons (Fsp3) is 0.346. The van der Waals surface area contributed by atoms with Gasteiger partial charge in [0.1, 0.15) is 11.4 Å². The van der Waals surface area contributed by atoms with Crippen LogP contribution in [0.4, 0.5) is 10.1 Å². The monoisotopic (exact) mass is 478 g/mol. The van der Waals surface area contributed by atoms with Crippen molar-refractivity contribution in [3.63, 3.8) is 0 Å². The smallest absolute Gasteiger partial charge is 0.263 e. The van der Waals surface area contributed by atoms with Gasteiger partial charge >= 0.3 is 0 Å². The summed E-state index contributed by atoms with van der Waals surface area (Å²) >= 11 is 0. The maximum atomic E-state index is 15.1. The molecule has 1 aliphatic heterocycles. The molecule has 0 N–H and O–H groups in total. The van der Waals surface area contributed by atoms with Crippen LogP contribution in [0.15, 0.2) is 45.8 Å². The number of aryl methyl sites for hydroxylation is 1. The minimum Gasteiger partial charge on any atom is -0.493 e. The van der Waals surface area contributed by atoms with E-state index < -0.39 is 5.82 Å². The van der Waals surface area contributed by atoms with Gasteiger partial charge in [-0.2, -0.15) is 4.98 Å². The largest absolute Gasteiger partial charge is 0.493 e. The van der Waals surface area contributed by atoms with E-state index in [0.717, 1.165) is 32.4 Å². The normalized spacial score (nSPS) is 13.9. The van der Waals surface area contributed by atoms with Crippen LogP contribution in [0.3, 0.4) is 0 Å². The van der Waals surface area contributed by atoms with Crippen LogP contribution < -0.4 is 19.8 Å². The highest BCUT2D eigenvalue weighted by Crippen LogP contribution is 2.32. The van der Waals surface area contributed by atoms with Crippen molar-refractivity contribution in [2.45, 2.75) is 32.7 Å². The van der Waals surface area contributed by atoms with Crippen molar-refractivity contribution >= 4 is 16.6 Å². The van der Waals surface area contributed by atoms with Gasteiger partial charge in [0, 0.05) is 36.8 Å². The van der Waals surface area contributed by atoms with E-state index in [-0.39, 0.29) is 22.3 Å². The van der Waals surface area contributed by atoms with E-state index in [1.807, 2.05) is 11.5 Å². The average molecular weight is 479 g/mol. The van der Waals surface area contributed by atoms with E-state index in [1.54, 1.807) is 44.7 Å². The first-order valence-electron chi connectivity index (χ1n) is 11.7. The van der Waals surface area contributed by atoms with Gasteiger partial charge in [0.05, 0.1) is 25.4 Å². The summed E-state index contributed by atoms with van der Waals surface area (Å²) in [6.07, 6.45) is 4.94. The molecule has 1 saturated heterocycles. The van der Waals surface area contributed by atoms with Crippen molar-refractivity contribution in [1.82, 2.24) is 14.7 Å². The third kappa shape index (κ3) is 4.11. The minimum absolute atomic E-state index is 0.0735. The molecule has 2 aromatic carbocycles. The van der Waals surface area contributed by atoms with Gasteiger partial charge in [-0.3, -0.25) is 4.79 Å². The number of aromatic nitrogens is 3. The molecule has 8 nitrogen and oxygen atoms in total. The Bertz CT molecular complexity index is 1440. The van der Waals surface area contributed by atoms with Crippen LogP contribution in [0.5, 0.6) is 11.5 Å². The second kappa shape index (κ2) is 9.40. The molecule has 3 heterocycles. The van der Waals surface area contributed by atoms with Crippen molar-refractivity contribution in [3.8, 4) is 34.3 Å². The Morgan fingerprint density at radius 1 is 1.06 bits per heavy atom. The topological polar surface area (TPSA) is 82.6 Å². The van der Waals surface area contributed by atoms with Crippen LogP contribution >= 0.6 is 0 Å². The third-order valence-electron chi connectivity index (χ3n) is 6.48. The SMILES string of the molecule is CCn1cc(-c2nc(-c3ccc(OC)c(OC)c3)no2)c(=O)c2cc(F)c(N3CCCCC3)cc21. The highest BCUT2D eigenvalue weighted by molar-refractivity contribution is 5.86. The van der Waals surface area contributed by atoms with Gasteiger partial charge in [0.2, 0.25) is 11.3 Å². The van der Waals surface area contributed by atoms with Gasteiger partial charge in [-0.25, -0.2) is 4.39 Å². The number of pyridine rings is 1. The number of hydrogen-bond donors (Lipinski definition) is 0. The molecule has 182 valence electrons. The van der Waals surface area contributed by atoms with Gasteiger partial charge in [-0.05, 0) is 56.5 Å². The van der Waals surface area contributed by atoms with Crippen molar-refractivity contribution < 1.29 is 18.4 Å². The average Bonchev–Trinajstić information content (AvgIpc) is 3.39. The zero-order chi connectivity index (χ0) is 24.5. The summed E-state index contributed by atoms with van der Waals surface area (Å²) in [5.74, 6) is 1.08. The Morgan fingerprint density at radius 3 is 2.54 bits per heavy atom. The van der Waals surface area contributed by atoms with Crippen LogP contribution in [-0.2, 0) is 6.54 Å². The number of benzene rings is 2. The van der Waals surface area contributed by atoms with Gasteiger partial charge < -0.3 is 23.5 Å². The zero-order valence-electron chi connectivity index (χ0n) is 20.0. The maximum absolute atomic E-state index is 15.1. The van der Waals surface area contributed by atoms with Crippen LogP contribution in [0.25, 0.3) is 33.7 Å². The van der Waals surface area contributed by atoms with Crippen molar-refractivity contribution in [2.75, 3.05) is 32.2 Å². The van der Waals surface area contributed by atoms with E-state index >= 15 is 4.39 Å². The Labute approximate surface area is 201 Å². The number of halogens is 1. The molecule has 0 atom stereocenters. The third-order valence-corrected chi connectivity index (χ3v) is 6.48. The number of ether oxygens (including phenoxy) is 2. The van der Waals surface area contributed by atoms with Gasteiger partial charge in [-0.1, -0.05) is 5.16 Å². The van der Waals surface area contributed by atoms with E-state index in [9.17, 15) is 4.79 Å². The Kier molecular flexibility index (Phi) is 6.15. The quantitative estimate of drug-likeness (QED) is 0.390. The number of nitrogens with zero attached hydrogens (tertiary/aromatic N) is 4. The molecule has 0 aliphatic carbocycles. The number of anilines is 1. The first-order chi connectivity index (χ1) is 17.0. The van der Waals surface area contributed by atoms with Crippen molar-refractivity contribution in [3.05, 3.63) is 52.6 Å². The first-order valence-corrected chi connectivity index (χ1v) is 11.7. The second-order valence-corrected chi connectivity index (χ2v) is 8.52. The van der Waals surface area contributed by atoms with Gasteiger partial charge in [0.25, 0.3) is 5.89 Å². The standard InChI is InChI=1S/C26H27FN4O4/c1-4-30-15-18(26-28-25(29-35-26)16-8-9-22(33-2)23(12-16)34-3)24(32)17-13-19(27)21(14-20(17)30)31-10-6-5-7-11-31/h8-9,12-15H,4-7,10-11H2,1-3H3. The highest BCUT2D eigenvalue weighted by atomic mass is 19.1. The predicted octanol–water partition coefficient (Wildman–Crippen LogP) is 4.89. The minimum atomic E-state index is -0.396. The van der Waals surface area contributed by atoms with E-state index in [4.69, 9.17) is 14.0 Å². The molecule has 9 heteroatoms.